The Hall–Kier alpha value is -1.20. The maximum atomic E-state index is 9.79. The number of aromatic hydroxyl groups is 1. The highest BCUT2D eigenvalue weighted by molar-refractivity contribution is 6.31. The van der Waals surface area contributed by atoms with Crippen LogP contribution in [0.3, 0.4) is 0 Å². The predicted octanol–water partition coefficient (Wildman–Crippen LogP) is 3.29. The molecule has 0 bridgehead atoms. The second-order valence-corrected chi connectivity index (χ2v) is 3.82. The van der Waals surface area contributed by atoms with E-state index >= 15 is 0 Å². The van der Waals surface area contributed by atoms with E-state index in [1.807, 2.05) is 6.92 Å². The fraction of sp³-hybridized carbons (Fsp3) is 0.364. The van der Waals surface area contributed by atoms with Gasteiger partial charge < -0.3 is 5.11 Å². The first-order valence-corrected chi connectivity index (χ1v) is 4.75. The summed E-state index contributed by atoms with van der Waals surface area (Å²) < 4.78 is 0. The highest BCUT2D eigenvalue weighted by Crippen LogP contribution is 2.35. The second kappa shape index (κ2) is 3.89. The van der Waals surface area contributed by atoms with Gasteiger partial charge in [-0.15, -0.1) is 0 Å². The molecule has 14 heavy (non-hydrogen) atoms. The molecule has 0 saturated carbocycles. The average molecular weight is 210 g/mol. The molecule has 0 saturated heterocycles. The Kier molecular flexibility index (Phi) is 3.03. The third-order valence-corrected chi connectivity index (χ3v) is 2.75. The van der Waals surface area contributed by atoms with Crippen molar-refractivity contribution in [1.82, 2.24) is 0 Å². The van der Waals surface area contributed by atoms with Gasteiger partial charge in [0.2, 0.25) is 0 Å². The first kappa shape index (κ1) is 10.9. The topological polar surface area (TPSA) is 44.0 Å². The van der Waals surface area contributed by atoms with Crippen LogP contribution in [-0.4, -0.2) is 5.11 Å². The third kappa shape index (κ3) is 1.69. The van der Waals surface area contributed by atoms with Crippen LogP contribution in [0.4, 0.5) is 0 Å². The molecule has 1 aromatic carbocycles. The number of aryl methyl sites for hydroxylation is 1. The average Bonchev–Trinajstić information content (AvgIpc) is 2.15. The first-order chi connectivity index (χ1) is 6.49. The fourth-order valence-electron chi connectivity index (χ4n) is 1.48. The Morgan fingerprint density at radius 3 is 2.57 bits per heavy atom. The predicted molar refractivity (Wildman–Crippen MR) is 56.6 cm³/mol. The summed E-state index contributed by atoms with van der Waals surface area (Å²) in [6.45, 7) is 5.33. The van der Waals surface area contributed by atoms with E-state index in [2.05, 4.69) is 6.07 Å². The Morgan fingerprint density at radius 2 is 2.07 bits per heavy atom. The number of hydrogen-bond acceptors (Lipinski definition) is 2. The van der Waals surface area contributed by atoms with Crippen molar-refractivity contribution in [3.05, 3.63) is 27.8 Å². The molecule has 1 aromatic rings. The summed E-state index contributed by atoms with van der Waals surface area (Å²) in [7, 11) is 0. The molecule has 0 radical (unpaired) electrons. The molecule has 0 fully saturated rings. The number of halogens is 1. The van der Waals surface area contributed by atoms with E-state index in [0.29, 0.717) is 16.1 Å². The molecule has 0 aliphatic heterocycles. The van der Waals surface area contributed by atoms with Gasteiger partial charge in [-0.05, 0) is 38.0 Å². The van der Waals surface area contributed by atoms with Gasteiger partial charge in [0.1, 0.15) is 5.75 Å². The van der Waals surface area contributed by atoms with Crippen LogP contribution in [0.1, 0.15) is 29.5 Å². The SMILES string of the molecule is Cc1cc(Cl)c(C)c(C(C)C#N)c1O. The number of phenols is 1. The summed E-state index contributed by atoms with van der Waals surface area (Å²) in [5.41, 5.74) is 2.12. The van der Waals surface area contributed by atoms with Gasteiger partial charge in [0, 0.05) is 10.6 Å². The number of nitriles is 1. The van der Waals surface area contributed by atoms with Crippen molar-refractivity contribution in [2.45, 2.75) is 26.7 Å². The van der Waals surface area contributed by atoms with E-state index in [4.69, 9.17) is 16.9 Å². The van der Waals surface area contributed by atoms with Gasteiger partial charge in [-0.2, -0.15) is 5.26 Å². The van der Waals surface area contributed by atoms with Crippen molar-refractivity contribution >= 4 is 11.6 Å². The van der Waals surface area contributed by atoms with Crippen molar-refractivity contribution in [2.75, 3.05) is 0 Å². The minimum atomic E-state index is -0.340. The molecule has 74 valence electrons. The highest BCUT2D eigenvalue weighted by Gasteiger charge is 2.16. The molecule has 3 heteroatoms. The van der Waals surface area contributed by atoms with Gasteiger partial charge >= 0.3 is 0 Å². The lowest BCUT2D eigenvalue weighted by molar-refractivity contribution is 0.462. The van der Waals surface area contributed by atoms with Crippen LogP contribution in [0.5, 0.6) is 5.75 Å². The largest absolute Gasteiger partial charge is 0.507 e. The van der Waals surface area contributed by atoms with Gasteiger partial charge in [-0.3, -0.25) is 0 Å². The van der Waals surface area contributed by atoms with Gasteiger partial charge in [0.15, 0.2) is 0 Å². The molecule has 0 spiro atoms. The van der Waals surface area contributed by atoms with Crippen molar-refractivity contribution in [3.63, 3.8) is 0 Å². The first-order valence-electron chi connectivity index (χ1n) is 4.37. The van der Waals surface area contributed by atoms with Crippen LogP contribution in [0.15, 0.2) is 6.07 Å². The monoisotopic (exact) mass is 209 g/mol. The van der Waals surface area contributed by atoms with E-state index in [-0.39, 0.29) is 11.7 Å². The van der Waals surface area contributed by atoms with Gasteiger partial charge in [0.05, 0.1) is 12.0 Å². The zero-order chi connectivity index (χ0) is 10.9. The molecule has 1 N–H and O–H groups in total. The third-order valence-electron chi connectivity index (χ3n) is 2.36. The number of nitrogens with zero attached hydrogens (tertiary/aromatic N) is 1. The molecule has 0 aromatic heterocycles. The summed E-state index contributed by atoms with van der Waals surface area (Å²) in [5.74, 6) is -0.159. The molecule has 0 heterocycles. The molecule has 1 atom stereocenters. The van der Waals surface area contributed by atoms with Gasteiger partial charge in [-0.25, -0.2) is 0 Å². The lowest BCUT2D eigenvalue weighted by atomic mass is 9.94. The van der Waals surface area contributed by atoms with E-state index < -0.39 is 0 Å². The Bertz CT molecular complexity index is 380. The highest BCUT2D eigenvalue weighted by atomic mass is 35.5. The van der Waals surface area contributed by atoms with Crippen LogP contribution < -0.4 is 0 Å². The zero-order valence-electron chi connectivity index (χ0n) is 8.43. The molecule has 2 nitrogen and oxygen atoms in total. The standard InChI is InChI=1S/C11H12ClNO/c1-6-4-9(12)8(3)10(11(6)14)7(2)5-13/h4,7,14H,1-3H3. The summed E-state index contributed by atoms with van der Waals surface area (Å²) in [4.78, 5) is 0. The second-order valence-electron chi connectivity index (χ2n) is 3.41. The van der Waals surface area contributed by atoms with Crippen LogP contribution in [0.2, 0.25) is 5.02 Å². The van der Waals surface area contributed by atoms with E-state index in [1.54, 1.807) is 19.9 Å². The lowest BCUT2D eigenvalue weighted by Gasteiger charge is -2.13. The zero-order valence-corrected chi connectivity index (χ0v) is 9.18. The maximum absolute atomic E-state index is 9.79. The summed E-state index contributed by atoms with van der Waals surface area (Å²) in [6, 6.07) is 3.81. The van der Waals surface area contributed by atoms with Crippen LogP contribution >= 0.6 is 11.6 Å². The number of phenolic OH excluding ortho intramolecular Hbond substituents is 1. The van der Waals surface area contributed by atoms with Crippen molar-refractivity contribution < 1.29 is 5.11 Å². The van der Waals surface area contributed by atoms with Gasteiger partial charge in [-0.1, -0.05) is 11.6 Å². The number of hydrogen-bond donors (Lipinski definition) is 1. The van der Waals surface area contributed by atoms with Crippen molar-refractivity contribution in [2.24, 2.45) is 0 Å². The van der Waals surface area contributed by atoms with Crippen LogP contribution in [0, 0.1) is 25.2 Å². The fourth-order valence-corrected chi connectivity index (χ4v) is 1.75. The van der Waals surface area contributed by atoms with Crippen LogP contribution in [0.25, 0.3) is 0 Å². The van der Waals surface area contributed by atoms with Gasteiger partial charge in [0.25, 0.3) is 0 Å². The van der Waals surface area contributed by atoms with Crippen LogP contribution in [-0.2, 0) is 0 Å². The molecule has 1 rings (SSSR count). The smallest absolute Gasteiger partial charge is 0.123 e. The van der Waals surface area contributed by atoms with Crippen molar-refractivity contribution in [1.29, 1.82) is 5.26 Å². The maximum Gasteiger partial charge on any atom is 0.123 e. The normalized spacial score (nSPS) is 12.2. The van der Waals surface area contributed by atoms with E-state index in [9.17, 15) is 5.11 Å². The Labute approximate surface area is 88.7 Å². The van der Waals surface area contributed by atoms with Crippen molar-refractivity contribution in [3.8, 4) is 11.8 Å². The number of benzene rings is 1. The molecule has 0 aliphatic carbocycles. The Morgan fingerprint density at radius 1 is 1.50 bits per heavy atom. The summed E-state index contributed by atoms with van der Waals surface area (Å²) >= 11 is 5.97. The summed E-state index contributed by atoms with van der Waals surface area (Å²) in [6.07, 6.45) is 0. The molecule has 0 aliphatic rings. The minimum Gasteiger partial charge on any atom is -0.507 e. The molecule has 1 unspecified atom stereocenters. The van der Waals surface area contributed by atoms with E-state index in [1.165, 1.54) is 0 Å². The molecular formula is C11H12ClNO. The number of rotatable bonds is 1. The quantitative estimate of drug-likeness (QED) is 0.772. The summed E-state index contributed by atoms with van der Waals surface area (Å²) in [5, 5.41) is 19.2. The molecular weight excluding hydrogens is 198 g/mol. The minimum absolute atomic E-state index is 0.181. The Balaban J connectivity index is 3.49. The lowest BCUT2D eigenvalue weighted by Crippen LogP contribution is -1.97. The molecule has 0 amide bonds. The van der Waals surface area contributed by atoms with E-state index in [0.717, 1.165) is 5.56 Å².